The average molecular weight is 509 g/mol. The van der Waals surface area contributed by atoms with Crippen molar-refractivity contribution in [2.24, 2.45) is 11.7 Å². The van der Waals surface area contributed by atoms with E-state index < -0.39 is 42.0 Å². The maximum Gasteiger partial charge on any atom is 0.326 e. The van der Waals surface area contributed by atoms with Crippen molar-refractivity contribution in [2.45, 2.75) is 63.7 Å². The number of likely N-dealkylation sites (tertiary alicyclic amines) is 1. The predicted molar refractivity (Wildman–Crippen MR) is 139 cm³/mol. The molecule has 9 heteroatoms. The highest BCUT2D eigenvalue weighted by atomic mass is 16.4. The Hall–Kier alpha value is -3.72. The van der Waals surface area contributed by atoms with E-state index in [9.17, 15) is 24.3 Å². The lowest BCUT2D eigenvalue weighted by Gasteiger charge is -2.29. The van der Waals surface area contributed by atoms with Gasteiger partial charge in [-0.15, -0.1) is 0 Å². The number of rotatable bonds is 11. The van der Waals surface area contributed by atoms with Gasteiger partial charge in [0.15, 0.2) is 0 Å². The third-order valence-electron chi connectivity index (χ3n) is 6.65. The first-order chi connectivity index (χ1) is 17.7. The van der Waals surface area contributed by atoms with Crippen molar-refractivity contribution in [3.8, 4) is 0 Å². The Labute approximate surface area is 217 Å². The van der Waals surface area contributed by atoms with Crippen LogP contribution in [0.15, 0.2) is 60.7 Å². The van der Waals surface area contributed by atoms with Crippen molar-refractivity contribution in [2.75, 3.05) is 6.54 Å². The highest BCUT2D eigenvalue weighted by Crippen LogP contribution is 2.20. The molecular weight excluding hydrogens is 472 g/mol. The molecule has 37 heavy (non-hydrogen) atoms. The summed E-state index contributed by atoms with van der Waals surface area (Å²) in [6, 6.07) is 14.5. The van der Waals surface area contributed by atoms with Gasteiger partial charge in [-0.25, -0.2) is 4.79 Å². The molecule has 2 aromatic carbocycles. The van der Waals surface area contributed by atoms with Crippen LogP contribution >= 0.6 is 0 Å². The van der Waals surface area contributed by atoms with Crippen LogP contribution in [0.1, 0.15) is 37.8 Å². The molecule has 0 unspecified atom stereocenters. The second kappa shape index (κ2) is 13.0. The summed E-state index contributed by atoms with van der Waals surface area (Å²) in [7, 11) is 0. The van der Waals surface area contributed by atoms with Crippen molar-refractivity contribution < 1.29 is 24.3 Å². The van der Waals surface area contributed by atoms with Crippen molar-refractivity contribution >= 4 is 23.7 Å². The van der Waals surface area contributed by atoms with E-state index in [0.717, 1.165) is 11.1 Å². The molecule has 1 saturated heterocycles. The molecule has 1 heterocycles. The zero-order valence-corrected chi connectivity index (χ0v) is 21.3. The van der Waals surface area contributed by atoms with Crippen LogP contribution in [0.3, 0.4) is 0 Å². The number of hydrogen-bond donors (Lipinski definition) is 4. The van der Waals surface area contributed by atoms with Crippen LogP contribution in [0.2, 0.25) is 0 Å². The number of nitrogens with two attached hydrogens (primary N) is 1. The van der Waals surface area contributed by atoms with E-state index in [-0.39, 0.29) is 24.7 Å². The average Bonchev–Trinajstić information content (AvgIpc) is 3.38. The van der Waals surface area contributed by atoms with Crippen molar-refractivity contribution in [1.29, 1.82) is 0 Å². The number of amides is 3. The molecule has 1 fully saturated rings. The van der Waals surface area contributed by atoms with Crippen LogP contribution in [-0.4, -0.2) is 64.4 Å². The number of nitrogens with one attached hydrogen (secondary N) is 2. The normalized spacial score (nSPS) is 17.6. The fraction of sp³-hybridized carbons (Fsp3) is 0.429. The Morgan fingerprint density at radius 2 is 1.46 bits per heavy atom. The fourth-order valence-electron chi connectivity index (χ4n) is 4.43. The summed E-state index contributed by atoms with van der Waals surface area (Å²) in [6.45, 7) is 4.12. The van der Waals surface area contributed by atoms with Crippen LogP contribution in [0.5, 0.6) is 0 Å². The number of aliphatic carboxylic acids is 1. The highest BCUT2D eigenvalue weighted by molar-refractivity contribution is 5.94. The van der Waals surface area contributed by atoms with E-state index >= 15 is 0 Å². The largest absolute Gasteiger partial charge is 0.480 e. The first-order valence-electron chi connectivity index (χ1n) is 12.6. The summed E-state index contributed by atoms with van der Waals surface area (Å²) in [5.41, 5.74) is 7.63. The molecule has 1 aliphatic heterocycles. The smallest absolute Gasteiger partial charge is 0.326 e. The van der Waals surface area contributed by atoms with Crippen molar-refractivity contribution in [3.63, 3.8) is 0 Å². The van der Waals surface area contributed by atoms with Crippen LogP contribution in [0.25, 0.3) is 0 Å². The molecule has 198 valence electrons. The number of carbonyl (C=O) groups excluding carboxylic acids is 3. The Kier molecular flexibility index (Phi) is 9.79. The first-order valence-corrected chi connectivity index (χ1v) is 12.6. The number of carboxylic acids is 1. The third kappa shape index (κ3) is 7.63. The van der Waals surface area contributed by atoms with Gasteiger partial charge in [0, 0.05) is 19.4 Å². The zero-order chi connectivity index (χ0) is 26.9. The fourth-order valence-corrected chi connectivity index (χ4v) is 4.43. The molecule has 0 aromatic heterocycles. The monoisotopic (exact) mass is 508 g/mol. The molecule has 0 radical (unpaired) electrons. The van der Waals surface area contributed by atoms with E-state index in [1.54, 1.807) is 24.3 Å². The number of hydrogen-bond acceptors (Lipinski definition) is 5. The summed E-state index contributed by atoms with van der Waals surface area (Å²) in [6.07, 6.45) is 1.39. The van der Waals surface area contributed by atoms with E-state index in [0.29, 0.717) is 19.4 Å². The van der Waals surface area contributed by atoms with Crippen LogP contribution in [-0.2, 0) is 32.0 Å². The minimum Gasteiger partial charge on any atom is -0.480 e. The van der Waals surface area contributed by atoms with Gasteiger partial charge in [0.05, 0.1) is 6.04 Å². The molecule has 4 atom stereocenters. The standard InChI is InChI=1S/C28H36N4O5/c1-18(2)24(29)27(35)32-15-9-14-23(32)26(34)30-21(16-19-10-5-3-6-11-19)25(33)31-22(28(36)37)17-20-12-7-4-8-13-20/h3-8,10-13,18,21-24H,9,14-17,29H2,1-2H3,(H,30,34)(H,31,33)(H,36,37)/t21-,22-,23-,24-/m0/s1. The van der Waals surface area contributed by atoms with Crippen molar-refractivity contribution in [3.05, 3.63) is 71.8 Å². The Morgan fingerprint density at radius 3 is 1.97 bits per heavy atom. The van der Waals surface area contributed by atoms with Crippen LogP contribution in [0, 0.1) is 5.92 Å². The Balaban J connectivity index is 1.77. The van der Waals surface area contributed by atoms with Gasteiger partial charge in [0.1, 0.15) is 18.1 Å². The molecule has 9 nitrogen and oxygen atoms in total. The molecule has 0 spiro atoms. The minimum atomic E-state index is -1.17. The van der Waals surface area contributed by atoms with Crippen LogP contribution in [0.4, 0.5) is 0 Å². The molecule has 5 N–H and O–H groups in total. The van der Waals surface area contributed by atoms with E-state index in [1.807, 2.05) is 50.2 Å². The molecule has 0 bridgehead atoms. The SMILES string of the molecule is CC(C)[C@H](N)C(=O)N1CCC[C@H]1C(=O)N[C@@H](Cc1ccccc1)C(=O)N[C@@H](Cc1ccccc1)C(=O)O. The number of benzene rings is 2. The van der Waals surface area contributed by atoms with E-state index in [1.165, 1.54) is 4.90 Å². The third-order valence-corrected chi connectivity index (χ3v) is 6.65. The lowest BCUT2D eigenvalue weighted by molar-refractivity contribution is -0.143. The van der Waals surface area contributed by atoms with Gasteiger partial charge >= 0.3 is 5.97 Å². The second-order valence-corrected chi connectivity index (χ2v) is 9.80. The van der Waals surface area contributed by atoms with Crippen molar-refractivity contribution in [1.82, 2.24) is 15.5 Å². The molecule has 0 saturated carbocycles. The Bertz CT molecular complexity index is 1080. The van der Waals surface area contributed by atoms with Gasteiger partial charge < -0.3 is 26.4 Å². The van der Waals surface area contributed by atoms with E-state index in [4.69, 9.17) is 5.73 Å². The lowest BCUT2D eigenvalue weighted by atomic mass is 10.0. The maximum atomic E-state index is 13.3. The van der Waals surface area contributed by atoms with Gasteiger partial charge in [-0.05, 0) is 29.9 Å². The molecular formula is C28H36N4O5. The Morgan fingerprint density at radius 1 is 0.919 bits per heavy atom. The van der Waals surface area contributed by atoms with Gasteiger partial charge in [-0.3, -0.25) is 14.4 Å². The van der Waals surface area contributed by atoms with E-state index in [2.05, 4.69) is 10.6 Å². The maximum absolute atomic E-state index is 13.3. The quantitative estimate of drug-likeness (QED) is 0.362. The summed E-state index contributed by atoms with van der Waals surface area (Å²) in [4.78, 5) is 53.0. The van der Waals surface area contributed by atoms with Crippen LogP contribution < -0.4 is 16.4 Å². The van der Waals surface area contributed by atoms with Gasteiger partial charge in [-0.1, -0.05) is 74.5 Å². The number of nitrogens with zero attached hydrogens (tertiary/aromatic N) is 1. The van der Waals surface area contributed by atoms with Gasteiger partial charge in [0.2, 0.25) is 17.7 Å². The second-order valence-electron chi connectivity index (χ2n) is 9.80. The van der Waals surface area contributed by atoms with Gasteiger partial charge in [0.25, 0.3) is 0 Å². The van der Waals surface area contributed by atoms with Gasteiger partial charge in [-0.2, -0.15) is 0 Å². The summed E-state index contributed by atoms with van der Waals surface area (Å²) < 4.78 is 0. The lowest BCUT2D eigenvalue weighted by Crippen LogP contribution is -2.57. The highest BCUT2D eigenvalue weighted by Gasteiger charge is 2.38. The molecule has 3 amide bonds. The number of carboxylic acid groups (broad SMARTS) is 1. The minimum absolute atomic E-state index is 0.0778. The zero-order valence-electron chi connectivity index (χ0n) is 21.3. The summed E-state index contributed by atoms with van der Waals surface area (Å²) in [5, 5.41) is 15.1. The molecule has 2 aromatic rings. The number of carbonyl (C=O) groups is 4. The topological polar surface area (TPSA) is 142 Å². The molecule has 1 aliphatic rings. The summed E-state index contributed by atoms with van der Waals surface area (Å²) in [5.74, 6) is -2.59. The summed E-state index contributed by atoms with van der Waals surface area (Å²) >= 11 is 0. The first kappa shape index (κ1) is 27.9. The molecule has 3 rings (SSSR count). The molecule has 0 aliphatic carbocycles. The predicted octanol–water partition coefficient (Wildman–Crippen LogP) is 1.50.